The van der Waals surface area contributed by atoms with Crippen LogP contribution in [0.5, 0.6) is 0 Å². The molecule has 0 atom stereocenters. The predicted molar refractivity (Wildman–Crippen MR) is 13.3 cm³/mol. The first kappa shape index (κ1) is 9.10. The van der Waals surface area contributed by atoms with Gasteiger partial charge in [-0.1, -0.05) is 6.61 Å². The van der Waals surface area contributed by atoms with Crippen LogP contribution in [0.25, 0.3) is 0 Å². The smallest absolute Gasteiger partial charge is 0.564 e. The second-order valence-corrected chi connectivity index (χ2v) is 0.365. The first-order valence-electron chi connectivity index (χ1n) is 0.983. The molecule has 2 nitrogen and oxygen atoms in total. The molecule has 0 spiro atoms. The summed E-state index contributed by atoms with van der Waals surface area (Å²) in [4.78, 5) is 0. The standard InChI is InChI=1S/C2H5O2.Li/c3-1-2-4;/h1,3-4H,2H2;/q-1;+1. The fourth-order valence-corrected chi connectivity index (χ4v) is 0. The van der Waals surface area contributed by atoms with Crippen molar-refractivity contribution in [1.82, 2.24) is 0 Å². The Balaban J connectivity index is 0. The topological polar surface area (TPSA) is 40.5 Å². The van der Waals surface area contributed by atoms with Crippen LogP contribution in [-0.4, -0.2) is 16.8 Å². The molecule has 5 heavy (non-hydrogen) atoms. The van der Waals surface area contributed by atoms with Crippen LogP contribution >= 0.6 is 0 Å². The summed E-state index contributed by atoms with van der Waals surface area (Å²) in [7, 11) is 0. The Labute approximate surface area is 43.0 Å². The minimum absolute atomic E-state index is 0. The molecular weight excluding hydrogens is 63.0 g/mol. The van der Waals surface area contributed by atoms with Gasteiger partial charge in [-0.3, -0.25) is 0 Å². The maximum atomic E-state index is 7.57. The Morgan fingerprint density at radius 1 is 1.60 bits per heavy atom. The molecule has 3 heteroatoms. The van der Waals surface area contributed by atoms with E-state index in [2.05, 4.69) is 0 Å². The maximum Gasteiger partial charge on any atom is 1.00 e. The number of aliphatic hydroxyl groups excluding tert-OH is 2. The van der Waals surface area contributed by atoms with Gasteiger partial charge in [0.1, 0.15) is 0 Å². The van der Waals surface area contributed by atoms with Gasteiger partial charge >= 0.3 is 18.9 Å². The van der Waals surface area contributed by atoms with E-state index in [0.29, 0.717) is 6.61 Å². The Hall–Kier alpha value is 0.517. The van der Waals surface area contributed by atoms with Crippen LogP contribution in [0, 0.1) is 6.61 Å². The summed E-state index contributed by atoms with van der Waals surface area (Å²) in [6.07, 6.45) is 0. The van der Waals surface area contributed by atoms with E-state index in [0.717, 1.165) is 0 Å². The molecule has 0 aliphatic carbocycles. The van der Waals surface area contributed by atoms with Gasteiger partial charge in [-0.2, -0.15) is 6.61 Å². The fourth-order valence-electron chi connectivity index (χ4n) is 0. The zero-order valence-electron chi connectivity index (χ0n) is 3.18. The first-order chi connectivity index (χ1) is 1.91. The largest absolute Gasteiger partial charge is 1.00 e. The van der Waals surface area contributed by atoms with E-state index in [-0.39, 0.29) is 25.5 Å². The molecule has 0 aromatic rings. The van der Waals surface area contributed by atoms with Crippen molar-refractivity contribution in [1.29, 1.82) is 0 Å². The summed E-state index contributed by atoms with van der Waals surface area (Å²) >= 11 is 0. The Kier molecular flexibility index (Phi) is 16.1. The number of aliphatic hydroxyl groups is 2. The first-order valence-corrected chi connectivity index (χ1v) is 0.983. The summed E-state index contributed by atoms with van der Waals surface area (Å²) < 4.78 is 0. The third-order valence-corrected chi connectivity index (χ3v) is 0.0816. The van der Waals surface area contributed by atoms with E-state index in [1.54, 1.807) is 0 Å². The zero-order chi connectivity index (χ0) is 3.41. The number of hydrogen-bond acceptors (Lipinski definition) is 2. The molecule has 0 rings (SSSR count). The summed E-state index contributed by atoms with van der Waals surface area (Å²) in [6, 6.07) is 0. The molecule has 0 aliphatic rings. The molecule has 26 valence electrons. The van der Waals surface area contributed by atoms with E-state index in [1.165, 1.54) is 0 Å². The summed E-state index contributed by atoms with van der Waals surface area (Å²) in [5.41, 5.74) is 0. The minimum Gasteiger partial charge on any atom is -0.564 e. The van der Waals surface area contributed by atoms with E-state index in [1.807, 2.05) is 0 Å². The molecule has 0 heterocycles. The predicted octanol–water partition coefficient (Wildman–Crippen LogP) is -3.48. The van der Waals surface area contributed by atoms with Crippen LogP contribution in [0.2, 0.25) is 0 Å². The SMILES string of the molecule is O[CH-]CO.[Li+]. The normalized spacial score (nSPS) is 6.00. The van der Waals surface area contributed by atoms with Gasteiger partial charge in [0, 0.05) is 0 Å². The molecule has 2 N–H and O–H groups in total. The average molecular weight is 68.0 g/mol. The van der Waals surface area contributed by atoms with Crippen LogP contribution in [0.15, 0.2) is 0 Å². The van der Waals surface area contributed by atoms with E-state index < -0.39 is 0 Å². The molecule has 0 radical (unpaired) electrons. The summed E-state index contributed by atoms with van der Waals surface area (Å²) in [5, 5.41) is 15.1. The van der Waals surface area contributed by atoms with Gasteiger partial charge in [0.25, 0.3) is 0 Å². The van der Waals surface area contributed by atoms with Crippen molar-refractivity contribution < 1.29 is 29.1 Å². The van der Waals surface area contributed by atoms with Gasteiger partial charge in [0.05, 0.1) is 0 Å². The average Bonchev–Trinajstić information content (AvgIpc) is 1.37. The summed E-state index contributed by atoms with van der Waals surface area (Å²) in [6.45, 7) is 0.431. The van der Waals surface area contributed by atoms with Crippen molar-refractivity contribution in [2.75, 3.05) is 6.61 Å². The van der Waals surface area contributed by atoms with Crippen molar-refractivity contribution in [3.8, 4) is 0 Å². The van der Waals surface area contributed by atoms with Crippen molar-refractivity contribution in [2.24, 2.45) is 0 Å². The Morgan fingerprint density at radius 2 is 1.80 bits per heavy atom. The zero-order valence-corrected chi connectivity index (χ0v) is 3.18. The van der Waals surface area contributed by atoms with Crippen molar-refractivity contribution >= 4 is 0 Å². The molecule has 0 aromatic heterocycles. The molecule has 0 unspecified atom stereocenters. The van der Waals surface area contributed by atoms with E-state index in [4.69, 9.17) is 10.2 Å². The summed E-state index contributed by atoms with van der Waals surface area (Å²) in [5.74, 6) is 0. The van der Waals surface area contributed by atoms with Gasteiger partial charge in [0.15, 0.2) is 0 Å². The van der Waals surface area contributed by atoms with Gasteiger partial charge in [-0.05, 0) is 0 Å². The van der Waals surface area contributed by atoms with Crippen LogP contribution in [0.3, 0.4) is 0 Å². The quantitative estimate of drug-likeness (QED) is 0.247. The van der Waals surface area contributed by atoms with Crippen LogP contribution in [0.1, 0.15) is 0 Å². The maximum absolute atomic E-state index is 7.57. The minimum atomic E-state index is -0.250. The van der Waals surface area contributed by atoms with Gasteiger partial charge in [0.2, 0.25) is 0 Å². The third kappa shape index (κ3) is 12.4. The van der Waals surface area contributed by atoms with E-state index >= 15 is 0 Å². The third-order valence-electron chi connectivity index (χ3n) is 0.0816. The molecule has 0 fully saturated rings. The van der Waals surface area contributed by atoms with Crippen molar-refractivity contribution in [3.63, 3.8) is 0 Å². The fraction of sp³-hybridized carbons (Fsp3) is 0.500. The second kappa shape index (κ2) is 8.82. The number of rotatable bonds is 1. The van der Waals surface area contributed by atoms with Gasteiger partial charge in [-0.25, -0.2) is 0 Å². The Bertz CT molecular complexity index is 9.61. The van der Waals surface area contributed by atoms with E-state index in [9.17, 15) is 0 Å². The molecule has 0 saturated heterocycles. The monoisotopic (exact) mass is 68.0 g/mol. The molecule has 0 bridgehead atoms. The van der Waals surface area contributed by atoms with Crippen LogP contribution in [0.4, 0.5) is 0 Å². The van der Waals surface area contributed by atoms with Crippen LogP contribution in [-0.2, 0) is 0 Å². The van der Waals surface area contributed by atoms with Gasteiger partial charge in [-0.15, -0.1) is 0 Å². The number of hydrogen-bond donors (Lipinski definition) is 2. The Morgan fingerprint density at radius 3 is 1.80 bits per heavy atom. The second-order valence-electron chi connectivity index (χ2n) is 0.365. The van der Waals surface area contributed by atoms with Gasteiger partial charge < -0.3 is 10.2 Å². The molecule has 0 amide bonds. The molecular formula is C2H5LiO2. The van der Waals surface area contributed by atoms with Crippen LogP contribution < -0.4 is 18.9 Å². The molecule has 0 aromatic carbocycles. The molecule has 0 saturated carbocycles. The van der Waals surface area contributed by atoms with Crippen molar-refractivity contribution in [3.05, 3.63) is 6.61 Å². The van der Waals surface area contributed by atoms with Crippen molar-refractivity contribution in [2.45, 2.75) is 0 Å². The molecule has 0 aliphatic heterocycles.